The van der Waals surface area contributed by atoms with Crippen LogP contribution in [0.25, 0.3) is 21.6 Å². The predicted octanol–water partition coefficient (Wildman–Crippen LogP) is 7.48. The summed E-state index contributed by atoms with van der Waals surface area (Å²) in [5.74, 6) is 1.48. The van der Waals surface area contributed by atoms with E-state index >= 15 is 0 Å². The molecule has 0 saturated heterocycles. The fraction of sp³-hybridized carbons (Fsp3) is 0.0800. The minimum atomic E-state index is 0.397. The van der Waals surface area contributed by atoms with Gasteiger partial charge in [0.2, 0.25) is 0 Å². The zero-order valence-corrected chi connectivity index (χ0v) is 18.1. The predicted molar refractivity (Wildman–Crippen MR) is 127 cm³/mol. The lowest BCUT2D eigenvalue weighted by Gasteiger charge is -2.13. The third-order valence-electron chi connectivity index (χ3n) is 4.97. The van der Waals surface area contributed by atoms with Gasteiger partial charge in [0.15, 0.2) is 12.5 Å². The Bertz CT molecular complexity index is 1280. The summed E-state index contributed by atoms with van der Waals surface area (Å²) in [7, 11) is 0. The summed E-state index contributed by atoms with van der Waals surface area (Å²) in [4.78, 5) is 5.48. The Hall–Kier alpha value is -3.28. The molecule has 0 amide bonds. The second kappa shape index (κ2) is 8.84. The molecule has 6 heteroatoms. The molecule has 0 saturated carbocycles. The molecule has 0 N–H and O–H groups in total. The molecule has 0 unspecified atom stereocenters. The van der Waals surface area contributed by atoms with Gasteiger partial charge in [-0.2, -0.15) is 5.11 Å². The van der Waals surface area contributed by atoms with Crippen LogP contribution >= 0.6 is 22.9 Å². The van der Waals surface area contributed by atoms with Crippen LogP contribution in [0, 0.1) is 0 Å². The highest BCUT2D eigenvalue weighted by molar-refractivity contribution is 7.14. The monoisotopic (exact) mass is 443 g/mol. The number of hydrogen-bond acceptors (Lipinski definition) is 5. The zero-order valence-electron chi connectivity index (χ0n) is 16.5. The molecule has 0 aliphatic carbocycles. The Morgan fingerprint density at radius 1 is 0.871 bits per heavy atom. The lowest BCUT2D eigenvalue weighted by Crippen LogP contribution is -1.97. The molecular formula is C25H18ClN3OS. The van der Waals surface area contributed by atoms with Crippen molar-refractivity contribution in [2.45, 2.75) is 6.61 Å². The van der Waals surface area contributed by atoms with E-state index in [1.165, 1.54) is 0 Å². The van der Waals surface area contributed by atoms with E-state index in [1.54, 1.807) is 11.3 Å². The highest BCUT2D eigenvalue weighted by Gasteiger charge is 2.16. The Morgan fingerprint density at radius 3 is 2.58 bits per heavy atom. The van der Waals surface area contributed by atoms with Crippen LogP contribution in [0.2, 0.25) is 5.02 Å². The summed E-state index contributed by atoms with van der Waals surface area (Å²) in [6.45, 7) is 0.893. The minimum Gasteiger partial charge on any atom is -0.488 e. The van der Waals surface area contributed by atoms with Gasteiger partial charge in [0.1, 0.15) is 12.4 Å². The van der Waals surface area contributed by atoms with Gasteiger partial charge in [-0.3, -0.25) is 0 Å². The molecule has 0 radical (unpaired) electrons. The average Bonchev–Trinajstić information content (AvgIpc) is 3.51. The van der Waals surface area contributed by atoms with Crippen molar-refractivity contribution in [3.05, 3.63) is 100 Å². The number of hydrogen-bond donors (Lipinski definition) is 0. The maximum atomic E-state index is 6.37. The molecule has 0 spiro atoms. The van der Waals surface area contributed by atoms with E-state index < -0.39 is 0 Å². The number of halogens is 1. The van der Waals surface area contributed by atoms with Crippen LogP contribution in [0.1, 0.15) is 11.1 Å². The molecule has 4 aromatic rings. The van der Waals surface area contributed by atoms with Gasteiger partial charge in [-0.25, -0.2) is 4.99 Å². The van der Waals surface area contributed by atoms with Gasteiger partial charge in [-0.05, 0) is 46.8 Å². The molecule has 0 atom stereocenters. The normalized spacial score (nSPS) is 12.7. The van der Waals surface area contributed by atoms with Gasteiger partial charge in [-0.15, -0.1) is 16.5 Å². The summed E-state index contributed by atoms with van der Waals surface area (Å²) in [6.07, 6.45) is 0. The third-order valence-corrected chi connectivity index (χ3v) is 6.16. The fourth-order valence-corrected chi connectivity index (χ4v) is 4.58. The first-order valence-corrected chi connectivity index (χ1v) is 11.1. The average molecular weight is 444 g/mol. The molecule has 1 aliphatic heterocycles. The summed E-state index contributed by atoms with van der Waals surface area (Å²) in [5, 5.41) is 10.9. The number of thiophene rings is 1. The molecule has 3 aromatic carbocycles. The van der Waals surface area contributed by atoms with Gasteiger partial charge in [-0.1, -0.05) is 60.1 Å². The number of aliphatic imine (C=N–C) groups is 1. The van der Waals surface area contributed by atoms with E-state index in [4.69, 9.17) is 16.3 Å². The first-order chi connectivity index (χ1) is 15.3. The highest BCUT2D eigenvalue weighted by Crippen LogP contribution is 2.42. The minimum absolute atomic E-state index is 0.397. The topological polar surface area (TPSA) is 46.3 Å². The first-order valence-electron chi connectivity index (χ1n) is 9.85. The quantitative estimate of drug-likeness (QED) is 0.304. The summed E-state index contributed by atoms with van der Waals surface area (Å²) in [6, 6.07) is 26.2. The Morgan fingerprint density at radius 2 is 1.74 bits per heavy atom. The van der Waals surface area contributed by atoms with Crippen molar-refractivity contribution in [3.8, 4) is 27.3 Å². The van der Waals surface area contributed by atoms with Crippen molar-refractivity contribution in [2.75, 3.05) is 6.67 Å². The molecule has 0 bridgehead atoms. The lowest BCUT2D eigenvalue weighted by molar-refractivity contribution is 0.307. The first kappa shape index (κ1) is 19.7. The van der Waals surface area contributed by atoms with Crippen molar-refractivity contribution in [1.82, 2.24) is 0 Å². The lowest BCUT2D eigenvalue weighted by atomic mass is 10.0. The van der Waals surface area contributed by atoms with Gasteiger partial charge in [0.05, 0.1) is 0 Å². The molecule has 152 valence electrons. The smallest absolute Gasteiger partial charge is 0.178 e. The van der Waals surface area contributed by atoms with E-state index in [0.717, 1.165) is 38.4 Å². The van der Waals surface area contributed by atoms with Crippen molar-refractivity contribution in [2.24, 2.45) is 15.2 Å². The summed E-state index contributed by atoms with van der Waals surface area (Å²) in [5.41, 5.74) is 5.24. The number of rotatable bonds is 6. The second-order valence-electron chi connectivity index (χ2n) is 7.02. The molecule has 1 aliphatic rings. The van der Waals surface area contributed by atoms with E-state index in [9.17, 15) is 0 Å². The van der Waals surface area contributed by atoms with E-state index in [0.29, 0.717) is 24.1 Å². The van der Waals surface area contributed by atoms with Crippen molar-refractivity contribution in [1.29, 1.82) is 0 Å². The number of nitrogens with zero attached hydrogens (tertiary/aromatic N) is 3. The highest BCUT2D eigenvalue weighted by atomic mass is 35.5. The van der Waals surface area contributed by atoms with Gasteiger partial charge in [0, 0.05) is 26.6 Å². The maximum absolute atomic E-state index is 6.37. The summed E-state index contributed by atoms with van der Waals surface area (Å²) < 4.78 is 6.20. The number of ether oxygens (including phenoxy) is 1. The van der Waals surface area contributed by atoms with Crippen molar-refractivity contribution < 1.29 is 4.74 Å². The molecule has 5 rings (SSSR count). The van der Waals surface area contributed by atoms with Crippen LogP contribution in [-0.2, 0) is 6.61 Å². The molecule has 2 heterocycles. The Kier molecular flexibility index (Phi) is 5.61. The van der Waals surface area contributed by atoms with Crippen LogP contribution < -0.4 is 4.74 Å². The van der Waals surface area contributed by atoms with Gasteiger partial charge < -0.3 is 4.74 Å². The van der Waals surface area contributed by atoms with Crippen LogP contribution in [-0.4, -0.2) is 12.5 Å². The second-order valence-corrected chi connectivity index (χ2v) is 8.38. The van der Waals surface area contributed by atoms with E-state index in [2.05, 4.69) is 50.9 Å². The van der Waals surface area contributed by atoms with Gasteiger partial charge >= 0.3 is 0 Å². The Labute approximate surface area is 189 Å². The van der Waals surface area contributed by atoms with Crippen LogP contribution in [0.3, 0.4) is 0 Å². The standard InChI is InChI=1S/C25H18ClN3OS/c26-20-9-10-23(30-15-17-5-2-1-3-6-17)22(14-20)21-11-12-31-24(21)18-7-4-8-19(13-18)25-27-16-28-29-25/h1-14H,15-16H2. The van der Waals surface area contributed by atoms with Crippen molar-refractivity contribution in [3.63, 3.8) is 0 Å². The number of azo groups is 1. The largest absolute Gasteiger partial charge is 0.488 e. The molecule has 31 heavy (non-hydrogen) atoms. The van der Waals surface area contributed by atoms with Crippen LogP contribution in [0.4, 0.5) is 0 Å². The molecular weight excluding hydrogens is 426 g/mol. The SMILES string of the molecule is Clc1ccc(OCc2ccccc2)c(-c2ccsc2-c2cccc(C3=NCN=N3)c2)c1. The molecule has 0 fully saturated rings. The number of benzene rings is 3. The van der Waals surface area contributed by atoms with Crippen LogP contribution in [0.5, 0.6) is 5.75 Å². The maximum Gasteiger partial charge on any atom is 0.178 e. The Balaban J connectivity index is 1.51. The molecule has 1 aromatic heterocycles. The van der Waals surface area contributed by atoms with Crippen molar-refractivity contribution >= 4 is 28.8 Å². The van der Waals surface area contributed by atoms with Crippen LogP contribution in [0.15, 0.2) is 99.5 Å². The third kappa shape index (κ3) is 4.29. The summed E-state index contributed by atoms with van der Waals surface area (Å²) >= 11 is 8.06. The zero-order chi connectivity index (χ0) is 21.0. The fourth-order valence-electron chi connectivity index (χ4n) is 3.50. The van der Waals surface area contributed by atoms with Gasteiger partial charge in [0.25, 0.3) is 0 Å². The van der Waals surface area contributed by atoms with E-state index in [-0.39, 0.29) is 0 Å². The number of amidine groups is 1. The molecule has 4 nitrogen and oxygen atoms in total. The van der Waals surface area contributed by atoms with E-state index in [1.807, 2.05) is 48.5 Å².